The predicted molar refractivity (Wildman–Crippen MR) is 78.5 cm³/mol. The molecule has 1 unspecified atom stereocenters. The Morgan fingerprint density at radius 1 is 1.33 bits per heavy atom. The first-order valence-corrected chi connectivity index (χ1v) is 7.07. The molecule has 1 fully saturated rings. The zero-order chi connectivity index (χ0) is 15.6. The summed E-state index contributed by atoms with van der Waals surface area (Å²) in [7, 11) is 2.97. The van der Waals surface area contributed by atoms with Crippen LogP contribution in [0.2, 0.25) is 0 Å². The molecule has 2 rings (SSSR count). The number of rotatable bonds is 3. The van der Waals surface area contributed by atoms with Crippen molar-refractivity contribution in [2.75, 3.05) is 24.6 Å². The summed E-state index contributed by atoms with van der Waals surface area (Å²) in [6.07, 6.45) is 1.92. The van der Waals surface area contributed by atoms with E-state index in [0.29, 0.717) is 25.5 Å². The van der Waals surface area contributed by atoms with Crippen LogP contribution < -0.4 is 16.1 Å². The van der Waals surface area contributed by atoms with Gasteiger partial charge in [0.1, 0.15) is 11.9 Å². The number of ether oxygens (including phenoxy) is 1. The molecule has 0 saturated carbocycles. The van der Waals surface area contributed by atoms with Crippen molar-refractivity contribution < 1.29 is 4.74 Å². The Morgan fingerprint density at radius 2 is 2.05 bits per heavy atom. The summed E-state index contributed by atoms with van der Waals surface area (Å²) < 4.78 is 7.97. The van der Waals surface area contributed by atoms with Gasteiger partial charge in [0.05, 0.1) is 6.10 Å². The maximum Gasteiger partial charge on any atom is 0.332 e. The van der Waals surface area contributed by atoms with Crippen molar-refractivity contribution in [2.45, 2.75) is 25.9 Å². The summed E-state index contributed by atoms with van der Waals surface area (Å²) in [4.78, 5) is 26.1. The molecule has 2 heterocycles. The number of hydrogen-bond acceptors (Lipinski definition) is 5. The molecular formula is C14H20N4O3. The third kappa shape index (κ3) is 2.72. The van der Waals surface area contributed by atoms with Crippen LogP contribution >= 0.6 is 0 Å². The molecule has 21 heavy (non-hydrogen) atoms. The second-order valence-corrected chi connectivity index (χ2v) is 5.18. The first-order valence-electron chi connectivity index (χ1n) is 7.07. The molecule has 1 saturated heterocycles. The van der Waals surface area contributed by atoms with Gasteiger partial charge in [0.15, 0.2) is 5.56 Å². The van der Waals surface area contributed by atoms with E-state index >= 15 is 0 Å². The fraction of sp³-hybridized carbons (Fsp3) is 0.643. The average Bonchev–Trinajstić information content (AvgIpc) is 2.49. The quantitative estimate of drug-likeness (QED) is 0.781. The Morgan fingerprint density at radius 3 is 2.67 bits per heavy atom. The van der Waals surface area contributed by atoms with Crippen molar-refractivity contribution in [3.8, 4) is 6.07 Å². The SMILES string of the molecule is CCOC1CCCN(c2c(C#N)c(=O)n(C)c(=O)n2C)C1. The van der Waals surface area contributed by atoms with E-state index in [4.69, 9.17) is 4.74 Å². The minimum absolute atomic E-state index is 0.0109. The molecule has 7 nitrogen and oxygen atoms in total. The van der Waals surface area contributed by atoms with Gasteiger partial charge in [-0.25, -0.2) is 4.79 Å². The Balaban J connectivity index is 2.51. The highest BCUT2D eigenvalue weighted by Crippen LogP contribution is 2.21. The number of anilines is 1. The van der Waals surface area contributed by atoms with Gasteiger partial charge >= 0.3 is 5.69 Å². The lowest BCUT2D eigenvalue weighted by Crippen LogP contribution is -2.46. The topological polar surface area (TPSA) is 80.3 Å². The molecule has 1 aromatic rings. The van der Waals surface area contributed by atoms with Crippen molar-refractivity contribution in [2.24, 2.45) is 14.1 Å². The standard InChI is InChI=1S/C14H20N4O3/c1-4-21-10-6-5-7-18(9-10)12-11(8-15)13(19)17(3)14(20)16(12)2/h10H,4-7,9H2,1-3H3. The van der Waals surface area contributed by atoms with E-state index in [1.807, 2.05) is 17.9 Å². The van der Waals surface area contributed by atoms with Crippen molar-refractivity contribution >= 4 is 5.82 Å². The number of hydrogen-bond donors (Lipinski definition) is 0. The molecule has 7 heteroatoms. The van der Waals surface area contributed by atoms with Crippen LogP contribution in [-0.4, -0.2) is 34.9 Å². The number of piperidine rings is 1. The van der Waals surface area contributed by atoms with Crippen LogP contribution in [0.4, 0.5) is 5.82 Å². The minimum atomic E-state index is -0.547. The number of nitrogens with zero attached hydrogens (tertiary/aromatic N) is 4. The largest absolute Gasteiger partial charge is 0.377 e. The second-order valence-electron chi connectivity index (χ2n) is 5.18. The van der Waals surface area contributed by atoms with Crippen LogP contribution in [0.15, 0.2) is 9.59 Å². The highest BCUT2D eigenvalue weighted by Gasteiger charge is 2.26. The van der Waals surface area contributed by atoms with E-state index in [1.165, 1.54) is 11.6 Å². The van der Waals surface area contributed by atoms with E-state index in [2.05, 4.69) is 0 Å². The fourth-order valence-corrected chi connectivity index (χ4v) is 2.80. The molecule has 1 atom stereocenters. The maximum absolute atomic E-state index is 12.1. The van der Waals surface area contributed by atoms with Crippen molar-refractivity contribution in [3.05, 3.63) is 26.4 Å². The third-order valence-electron chi connectivity index (χ3n) is 3.83. The van der Waals surface area contributed by atoms with Crippen LogP contribution in [0.1, 0.15) is 25.3 Å². The summed E-state index contributed by atoms with van der Waals surface area (Å²) in [6, 6.07) is 1.94. The maximum atomic E-state index is 12.1. The van der Waals surface area contributed by atoms with Crippen LogP contribution in [0, 0.1) is 11.3 Å². The van der Waals surface area contributed by atoms with E-state index in [1.54, 1.807) is 7.05 Å². The minimum Gasteiger partial charge on any atom is -0.377 e. The highest BCUT2D eigenvalue weighted by atomic mass is 16.5. The van der Waals surface area contributed by atoms with Gasteiger partial charge in [-0.2, -0.15) is 5.26 Å². The van der Waals surface area contributed by atoms with Gasteiger partial charge in [-0.05, 0) is 19.8 Å². The van der Waals surface area contributed by atoms with Crippen LogP contribution in [0.5, 0.6) is 0 Å². The highest BCUT2D eigenvalue weighted by molar-refractivity contribution is 5.53. The molecule has 1 aromatic heterocycles. The summed E-state index contributed by atoms with van der Waals surface area (Å²) >= 11 is 0. The fourth-order valence-electron chi connectivity index (χ4n) is 2.80. The molecule has 0 bridgehead atoms. The van der Waals surface area contributed by atoms with E-state index < -0.39 is 11.2 Å². The van der Waals surface area contributed by atoms with Gasteiger partial charge in [0.2, 0.25) is 0 Å². The Labute approximate surface area is 123 Å². The lowest BCUT2D eigenvalue weighted by molar-refractivity contribution is 0.0523. The van der Waals surface area contributed by atoms with Gasteiger partial charge < -0.3 is 9.64 Å². The van der Waals surface area contributed by atoms with Gasteiger partial charge in [-0.15, -0.1) is 0 Å². The van der Waals surface area contributed by atoms with Crippen molar-refractivity contribution in [3.63, 3.8) is 0 Å². The van der Waals surface area contributed by atoms with Crippen LogP contribution in [0.25, 0.3) is 0 Å². The normalized spacial score (nSPS) is 18.6. The lowest BCUT2D eigenvalue weighted by Gasteiger charge is -2.35. The first-order chi connectivity index (χ1) is 10.0. The van der Waals surface area contributed by atoms with Gasteiger partial charge in [-0.1, -0.05) is 0 Å². The van der Waals surface area contributed by atoms with Crippen LogP contribution in [-0.2, 0) is 18.8 Å². The Hall–Kier alpha value is -2.07. The van der Waals surface area contributed by atoms with Gasteiger partial charge in [0, 0.05) is 33.8 Å². The van der Waals surface area contributed by atoms with E-state index in [9.17, 15) is 14.9 Å². The van der Waals surface area contributed by atoms with Crippen molar-refractivity contribution in [1.29, 1.82) is 5.26 Å². The molecule has 0 spiro atoms. The zero-order valence-electron chi connectivity index (χ0n) is 12.6. The third-order valence-corrected chi connectivity index (χ3v) is 3.83. The molecule has 0 N–H and O–H groups in total. The zero-order valence-corrected chi connectivity index (χ0v) is 12.6. The summed E-state index contributed by atoms with van der Waals surface area (Å²) in [6.45, 7) is 3.86. The summed E-state index contributed by atoms with van der Waals surface area (Å²) in [5.41, 5.74) is -0.960. The molecule has 114 valence electrons. The molecule has 0 aromatic carbocycles. The molecule has 0 amide bonds. The van der Waals surface area contributed by atoms with Gasteiger partial charge in [-0.3, -0.25) is 13.9 Å². The monoisotopic (exact) mass is 292 g/mol. The van der Waals surface area contributed by atoms with E-state index in [0.717, 1.165) is 17.4 Å². The van der Waals surface area contributed by atoms with Crippen LogP contribution in [0.3, 0.4) is 0 Å². The number of aromatic nitrogens is 2. The smallest absolute Gasteiger partial charge is 0.332 e. The van der Waals surface area contributed by atoms with E-state index in [-0.39, 0.29) is 11.7 Å². The molecule has 1 aliphatic heterocycles. The van der Waals surface area contributed by atoms with Gasteiger partial charge in [0.25, 0.3) is 5.56 Å². The summed E-state index contributed by atoms with van der Waals surface area (Å²) in [5.74, 6) is 0.398. The molecular weight excluding hydrogens is 272 g/mol. The Bertz CT molecular complexity index is 681. The lowest BCUT2D eigenvalue weighted by atomic mass is 10.1. The molecule has 0 aliphatic carbocycles. The molecule has 0 radical (unpaired) electrons. The number of nitriles is 1. The molecule has 1 aliphatic rings. The summed E-state index contributed by atoms with van der Waals surface area (Å²) in [5, 5.41) is 9.30. The first kappa shape index (κ1) is 15.3. The Kier molecular flexibility index (Phi) is 4.48. The predicted octanol–water partition coefficient (Wildman–Crippen LogP) is -0.0390. The average molecular weight is 292 g/mol. The second kappa shape index (κ2) is 6.14. The van der Waals surface area contributed by atoms with Crippen molar-refractivity contribution in [1.82, 2.24) is 9.13 Å².